The number of carbonyl (C=O) groups excluding carboxylic acids is 3. The second-order valence-corrected chi connectivity index (χ2v) is 13.1. The summed E-state index contributed by atoms with van der Waals surface area (Å²) in [6, 6.07) is 14.8. The highest BCUT2D eigenvalue weighted by Gasteiger charge is 2.79. The number of unbranched alkanes of at least 4 members (excludes halogenated alkanes) is 2. The maximum Gasteiger partial charge on any atom is 0.248 e. The van der Waals surface area contributed by atoms with E-state index in [2.05, 4.69) is 20.1 Å². The van der Waals surface area contributed by atoms with Crippen molar-refractivity contribution in [1.29, 1.82) is 0 Å². The molecule has 9 heteroatoms. The van der Waals surface area contributed by atoms with Gasteiger partial charge in [-0.25, -0.2) is 0 Å². The number of carbonyl (C=O) groups is 3. The molecule has 3 saturated heterocycles. The highest BCUT2D eigenvalue weighted by Crippen LogP contribution is 2.65. The monoisotopic (exact) mass is 657 g/mol. The molecule has 0 aliphatic carbocycles. The molecule has 6 atom stereocenters. The Kier molecular flexibility index (Phi) is 11.1. The van der Waals surface area contributed by atoms with Crippen LogP contribution in [0.4, 0.5) is 5.69 Å². The Labute approximate surface area is 285 Å². The summed E-state index contributed by atoms with van der Waals surface area (Å²) in [5.41, 5.74) is -0.768. The first-order chi connectivity index (χ1) is 23.3. The topological polar surface area (TPSA) is 99.6 Å². The first-order valence-electron chi connectivity index (χ1n) is 17.5. The van der Waals surface area contributed by atoms with Crippen LogP contribution in [-0.2, 0) is 19.1 Å². The Morgan fingerprint density at radius 2 is 1.73 bits per heavy atom. The summed E-state index contributed by atoms with van der Waals surface area (Å²) in [6.07, 6.45) is 7.66. The van der Waals surface area contributed by atoms with E-state index in [9.17, 15) is 14.7 Å². The maximum absolute atomic E-state index is 15.0. The van der Waals surface area contributed by atoms with Gasteiger partial charge in [-0.3, -0.25) is 14.4 Å². The van der Waals surface area contributed by atoms with Gasteiger partial charge in [0.05, 0.1) is 36.7 Å². The van der Waals surface area contributed by atoms with Crippen molar-refractivity contribution in [2.45, 2.75) is 82.6 Å². The van der Waals surface area contributed by atoms with Crippen molar-refractivity contribution in [3.63, 3.8) is 0 Å². The van der Waals surface area contributed by atoms with Gasteiger partial charge in [-0.05, 0) is 62.4 Å². The third-order valence-corrected chi connectivity index (χ3v) is 10.5. The number of anilines is 1. The van der Waals surface area contributed by atoms with Crippen LogP contribution in [0.1, 0.15) is 70.9 Å². The molecule has 0 aromatic heterocycles. The normalized spacial score (nSPS) is 26.2. The third kappa shape index (κ3) is 6.07. The summed E-state index contributed by atoms with van der Waals surface area (Å²) in [5, 5.41) is 10.9. The van der Waals surface area contributed by atoms with E-state index >= 15 is 4.79 Å². The van der Waals surface area contributed by atoms with Crippen LogP contribution in [0.3, 0.4) is 0 Å². The number of amides is 3. The maximum atomic E-state index is 15.0. The van der Waals surface area contributed by atoms with E-state index in [4.69, 9.17) is 9.47 Å². The third-order valence-electron chi connectivity index (χ3n) is 10.5. The largest absolute Gasteiger partial charge is 0.494 e. The van der Waals surface area contributed by atoms with Gasteiger partial charge >= 0.3 is 0 Å². The molecule has 2 aromatic rings. The van der Waals surface area contributed by atoms with E-state index in [1.165, 1.54) is 0 Å². The zero-order chi connectivity index (χ0) is 34.5. The minimum atomic E-state index is -1.23. The van der Waals surface area contributed by atoms with Gasteiger partial charge in [0.25, 0.3) is 0 Å². The number of aliphatic hydroxyl groups excluding tert-OH is 1. The quantitative estimate of drug-likeness (QED) is 0.173. The van der Waals surface area contributed by atoms with Gasteiger partial charge in [0.15, 0.2) is 0 Å². The Morgan fingerprint density at radius 1 is 1.02 bits per heavy atom. The smallest absolute Gasteiger partial charge is 0.248 e. The fraction of sp³-hybridized carbons (Fsp3) is 0.513. The lowest BCUT2D eigenvalue weighted by Gasteiger charge is -2.39. The number of hydrogen-bond donors (Lipinski definition) is 1. The molecule has 1 spiro atoms. The molecule has 2 aromatic carbocycles. The van der Waals surface area contributed by atoms with E-state index < -0.39 is 35.1 Å². The average Bonchev–Trinajstić information content (AvgIpc) is 3.71. The highest BCUT2D eigenvalue weighted by atomic mass is 16.5. The van der Waals surface area contributed by atoms with Crippen molar-refractivity contribution in [2.24, 2.45) is 11.8 Å². The van der Waals surface area contributed by atoms with Crippen molar-refractivity contribution in [3.05, 3.63) is 85.5 Å². The Morgan fingerprint density at radius 3 is 2.33 bits per heavy atom. The first kappa shape index (κ1) is 35.4. The molecule has 9 nitrogen and oxygen atoms in total. The van der Waals surface area contributed by atoms with Crippen LogP contribution < -0.4 is 9.64 Å². The average molecular weight is 658 g/mol. The van der Waals surface area contributed by atoms with Gasteiger partial charge in [-0.1, -0.05) is 69.2 Å². The molecule has 48 heavy (non-hydrogen) atoms. The number of likely N-dealkylation sites (tertiary alicyclic amines) is 1. The lowest BCUT2D eigenvalue weighted by atomic mass is 9.64. The Bertz CT molecular complexity index is 1460. The summed E-state index contributed by atoms with van der Waals surface area (Å²) in [5.74, 6) is -1.84. The molecular formula is C39H51N3O6. The van der Waals surface area contributed by atoms with Gasteiger partial charge in [-0.2, -0.15) is 0 Å². The molecule has 5 rings (SSSR count). The number of nitrogens with zero attached hydrogens (tertiary/aromatic N) is 3. The van der Waals surface area contributed by atoms with Crippen molar-refractivity contribution in [3.8, 4) is 5.75 Å². The van der Waals surface area contributed by atoms with Crippen molar-refractivity contribution in [2.75, 3.05) is 37.7 Å². The lowest BCUT2D eigenvalue weighted by molar-refractivity contribution is -0.156. The molecule has 1 N–H and O–H groups in total. The van der Waals surface area contributed by atoms with Crippen LogP contribution in [-0.4, -0.2) is 82.7 Å². The van der Waals surface area contributed by atoms with Crippen molar-refractivity contribution < 1.29 is 29.0 Å². The molecule has 3 fully saturated rings. The highest BCUT2D eigenvalue weighted by molar-refractivity contribution is 6.03. The van der Waals surface area contributed by atoms with Crippen LogP contribution in [0.2, 0.25) is 0 Å². The second kappa shape index (κ2) is 15.1. The number of aliphatic hydroxyl groups is 1. The zero-order valence-corrected chi connectivity index (χ0v) is 28.7. The molecular weight excluding hydrogens is 606 g/mol. The zero-order valence-electron chi connectivity index (χ0n) is 28.7. The number of rotatable bonds is 17. The van der Waals surface area contributed by atoms with E-state index in [1.54, 1.807) is 26.9 Å². The van der Waals surface area contributed by atoms with E-state index in [-0.39, 0.29) is 30.9 Å². The van der Waals surface area contributed by atoms with Gasteiger partial charge in [0.2, 0.25) is 17.7 Å². The summed E-state index contributed by atoms with van der Waals surface area (Å²) >= 11 is 0. The van der Waals surface area contributed by atoms with Crippen LogP contribution in [0, 0.1) is 11.8 Å². The van der Waals surface area contributed by atoms with Crippen molar-refractivity contribution >= 4 is 23.4 Å². The Hall–Kier alpha value is -3.95. The predicted molar refractivity (Wildman–Crippen MR) is 186 cm³/mol. The molecule has 0 radical (unpaired) electrons. The number of hydrogen-bond acceptors (Lipinski definition) is 6. The molecule has 3 aliphatic rings. The first-order valence-corrected chi connectivity index (χ1v) is 17.5. The van der Waals surface area contributed by atoms with E-state index in [0.29, 0.717) is 56.0 Å². The summed E-state index contributed by atoms with van der Waals surface area (Å²) in [4.78, 5) is 49.8. The summed E-state index contributed by atoms with van der Waals surface area (Å²) in [6.45, 7) is 15.1. The minimum absolute atomic E-state index is 0.231. The second-order valence-electron chi connectivity index (χ2n) is 13.1. The van der Waals surface area contributed by atoms with Gasteiger partial charge < -0.3 is 29.3 Å². The van der Waals surface area contributed by atoms with Crippen LogP contribution in [0.5, 0.6) is 5.75 Å². The van der Waals surface area contributed by atoms with E-state index in [0.717, 1.165) is 19.3 Å². The van der Waals surface area contributed by atoms with Gasteiger partial charge in [0.1, 0.15) is 17.4 Å². The van der Waals surface area contributed by atoms with E-state index in [1.807, 2.05) is 68.4 Å². The van der Waals surface area contributed by atoms with Crippen LogP contribution in [0.25, 0.3) is 0 Å². The molecule has 3 amide bonds. The van der Waals surface area contributed by atoms with Gasteiger partial charge in [0, 0.05) is 25.3 Å². The number of fused-ring (bicyclic) bond motifs is 1. The molecule has 258 valence electrons. The lowest BCUT2D eigenvalue weighted by Crippen LogP contribution is -2.57. The Balaban J connectivity index is 1.62. The van der Waals surface area contributed by atoms with Gasteiger partial charge in [-0.15, -0.1) is 13.2 Å². The molecule has 2 unspecified atom stereocenters. The van der Waals surface area contributed by atoms with Crippen LogP contribution in [0.15, 0.2) is 79.9 Å². The molecule has 2 bridgehead atoms. The molecule has 3 heterocycles. The molecule has 0 saturated carbocycles. The minimum Gasteiger partial charge on any atom is -0.494 e. The van der Waals surface area contributed by atoms with Crippen molar-refractivity contribution in [1.82, 2.24) is 9.80 Å². The number of benzene rings is 2. The predicted octanol–water partition coefficient (Wildman–Crippen LogP) is 5.70. The summed E-state index contributed by atoms with van der Waals surface area (Å²) < 4.78 is 12.7. The fourth-order valence-electron chi connectivity index (χ4n) is 8.36. The standard InChI is InChI=1S/C39H51N3O6/c1-6-11-15-26-40(24-7-2)37(46)34-39-23-22-38(9-4,48-39)32(33(39)36(45)42(34)31(27-43)28-16-13-12-14-17-28)35(44)41(25-8-3)29-18-20-30(21-19-29)47-10-5/h7-8,12-14,16-21,31-34,43H,2-3,6,9-11,15,22-27H2,1,4-5H3/t31-,32-,33+,34?,38+,39?/m1/s1. The molecule has 3 aliphatic heterocycles. The van der Waals surface area contributed by atoms with Crippen LogP contribution >= 0.6 is 0 Å². The number of ether oxygens (including phenoxy) is 2. The summed E-state index contributed by atoms with van der Waals surface area (Å²) in [7, 11) is 0. The SMILES string of the molecule is C=CCN(CCCCC)C(=O)C1N([C@H](CO)c2ccccc2)C(=O)[C@@H]2[C@H](C(=O)N(CC=C)c3ccc(OCC)cc3)[C@]3(CC)CCC12O3. The fourth-order valence-corrected chi connectivity index (χ4v) is 8.36.